The molecule has 27 heavy (non-hydrogen) atoms. The lowest BCUT2D eigenvalue weighted by Crippen LogP contribution is -2.52. The fourth-order valence-corrected chi connectivity index (χ4v) is 4.12. The number of amides is 3. The zero-order chi connectivity index (χ0) is 19.2. The Bertz CT molecular complexity index is 677. The van der Waals surface area contributed by atoms with E-state index in [1.807, 2.05) is 0 Å². The molecule has 2 saturated carbocycles. The quantitative estimate of drug-likeness (QED) is 0.625. The van der Waals surface area contributed by atoms with Gasteiger partial charge >= 0.3 is 6.03 Å². The van der Waals surface area contributed by atoms with E-state index in [2.05, 4.69) is 5.32 Å². The number of nitro groups is 1. The van der Waals surface area contributed by atoms with Gasteiger partial charge in [-0.25, -0.2) is 4.79 Å². The lowest BCUT2D eigenvalue weighted by molar-refractivity contribution is -0.384. The molecule has 2 aliphatic carbocycles. The Morgan fingerprint density at radius 1 is 0.926 bits per heavy atom. The second kappa shape index (κ2) is 8.97. The molecule has 1 aromatic carbocycles. The van der Waals surface area contributed by atoms with Gasteiger partial charge in [0.2, 0.25) is 0 Å². The first-order valence-corrected chi connectivity index (χ1v) is 9.95. The summed E-state index contributed by atoms with van der Waals surface area (Å²) in [4.78, 5) is 37.8. The van der Waals surface area contributed by atoms with Gasteiger partial charge in [0, 0.05) is 29.8 Å². The van der Waals surface area contributed by atoms with Gasteiger partial charge in [-0.15, -0.1) is 0 Å². The minimum absolute atomic E-state index is 0.0672. The summed E-state index contributed by atoms with van der Waals surface area (Å²) in [6, 6.07) is 5.19. The molecular formula is C20H27N3O4. The number of benzene rings is 1. The monoisotopic (exact) mass is 373 g/mol. The van der Waals surface area contributed by atoms with Gasteiger partial charge in [0.25, 0.3) is 11.6 Å². The molecule has 3 amide bonds. The summed E-state index contributed by atoms with van der Waals surface area (Å²) < 4.78 is 0. The number of nitrogens with one attached hydrogen (secondary N) is 1. The van der Waals surface area contributed by atoms with E-state index in [0.717, 1.165) is 57.8 Å². The van der Waals surface area contributed by atoms with Crippen molar-refractivity contribution in [1.82, 2.24) is 10.2 Å². The van der Waals surface area contributed by atoms with Crippen molar-refractivity contribution in [2.45, 2.75) is 76.3 Å². The Labute approximate surface area is 159 Å². The number of rotatable bonds is 4. The van der Waals surface area contributed by atoms with Crippen LogP contribution in [0.3, 0.4) is 0 Å². The van der Waals surface area contributed by atoms with Crippen molar-refractivity contribution in [2.75, 3.05) is 0 Å². The van der Waals surface area contributed by atoms with E-state index in [-0.39, 0.29) is 29.7 Å². The Morgan fingerprint density at radius 2 is 1.48 bits per heavy atom. The number of hydrogen-bond acceptors (Lipinski definition) is 4. The van der Waals surface area contributed by atoms with Gasteiger partial charge in [0.15, 0.2) is 0 Å². The maximum atomic E-state index is 13.1. The van der Waals surface area contributed by atoms with Crippen LogP contribution in [0.1, 0.15) is 74.6 Å². The maximum Gasteiger partial charge on any atom is 0.324 e. The molecule has 2 fully saturated rings. The number of hydrogen-bond donors (Lipinski definition) is 1. The van der Waals surface area contributed by atoms with Crippen molar-refractivity contribution < 1.29 is 14.5 Å². The first-order valence-electron chi connectivity index (χ1n) is 9.95. The molecule has 0 bridgehead atoms. The first-order chi connectivity index (χ1) is 13.1. The molecule has 0 saturated heterocycles. The largest absolute Gasteiger partial charge is 0.335 e. The van der Waals surface area contributed by atoms with Crippen LogP contribution in [0.5, 0.6) is 0 Å². The van der Waals surface area contributed by atoms with E-state index in [1.165, 1.54) is 35.6 Å². The van der Waals surface area contributed by atoms with E-state index >= 15 is 0 Å². The zero-order valence-electron chi connectivity index (χ0n) is 15.6. The fourth-order valence-electron chi connectivity index (χ4n) is 4.12. The van der Waals surface area contributed by atoms with Gasteiger partial charge in [0.1, 0.15) is 0 Å². The molecule has 0 unspecified atom stereocenters. The molecule has 1 aromatic rings. The number of non-ortho nitro benzene ring substituents is 1. The van der Waals surface area contributed by atoms with Gasteiger partial charge < -0.3 is 5.32 Å². The minimum Gasteiger partial charge on any atom is -0.335 e. The molecule has 0 atom stereocenters. The summed E-state index contributed by atoms with van der Waals surface area (Å²) in [5.41, 5.74) is 0.243. The van der Waals surface area contributed by atoms with Crippen LogP contribution in [0, 0.1) is 10.1 Å². The predicted molar refractivity (Wildman–Crippen MR) is 102 cm³/mol. The van der Waals surface area contributed by atoms with Gasteiger partial charge in [0.05, 0.1) is 4.92 Å². The molecule has 0 radical (unpaired) electrons. The van der Waals surface area contributed by atoms with Crippen molar-refractivity contribution in [2.24, 2.45) is 0 Å². The highest BCUT2D eigenvalue weighted by Crippen LogP contribution is 2.26. The van der Waals surface area contributed by atoms with Crippen LogP contribution in [0.2, 0.25) is 0 Å². The summed E-state index contributed by atoms with van der Waals surface area (Å²) in [5, 5.41) is 13.9. The lowest BCUT2D eigenvalue weighted by Gasteiger charge is -2.34. The van der Waals surface area contributed by atoms with Crippen LogP contribution in [-0.4, -0.2) is 33.8 Å². The SMILES string of the molecule is O=C(NC1CCCCC1)N(C(=O)c1ccc([N+](=O)[O-])cc1)C1CCCCC1. The molecule has 1 N–H and O–H groups in total. The Morgan fingerprint density at radius 3 is 2.04 bits per heavy atom. The van der Waals surface area contributed by atoms with Gasteiger partial charge in [-0.05, 0) is 37.8 Å². The average molecular weight is 373 g/mol. The molecule has 0 spiro atoms. The minimum atomic E-state index is -0.497. The van der Waals surface area contributed by atoms with Gasteiger partial charge in [-0.1, -0.05) is 38.5 Å². The summed E-state index contributed by atoms with van der Waals surface area (Å²) in [6.07, 6.45) is 10.1. The van der Waals surface area contributed by atoms with Crippen LogP contribution < -0.4 is 5.32 Å². The Hall–Kier alpha value is -2.44. The molecule has 7 heteroatoms. The van der Waals surface area contributed by atoms with Crippen molar-refractivity contribution in [1.29, 1.82) is 0 Å². The third kappa shape index (κ3) is 4.84. The van der Waals surface area contributed by atoms with Gasteiger partial charge in [-0.3, -0.25) is 19.8 Å². The smallest absolute Gasteiger partial charge is 0.324 e. The second-order valence-corrected chi connectivity index (χ2v) is 7.56. The van der Waals surface area contributed by atoms with E-state index < -0.39 is 4.92 Å². The highest BCUT2D eigenvalue weighted by molar-refractivity contribution is 6.04. The van der Waals surface area contributed by atoms with Crippen molar-refractivity contribution in [3.63, 3.8) is 0 Å². The molecule has 0 heterocycles. The number of urea groups is 1. The number of nitro benzene ring substituents is 1. The summed E-state index contributed by atoms with van der Waals surface area (Å²) in [6.45, 7) is 0. The van der Waals surface area contributed by atoms with Crippen molar-refractivity contribution in [3.8, 4) is 0 Å². The van der Waals surface area contributed by atoms with Crippen LogP contribution in [-0.2, 0) is 0 Å². The van der Waals surface area contributed by atoms with Gasteiger partial charge in [-0.2, -0.15) is 0 Å². The number of imide groups is 1. The highest BCUT2D eigenvalue weighted by Gasteiger charge is 2.33. The Kier molecular flexibility index (Phi) is 6.42. The van der Waals surface area contributed by atoms with Crippen molar-refractivity contribution >= 4 is 17.6 Å². The number of nitrogens with zero attached hydrogens (tertiary/aromatic N) is 2. The molecule has 0 aromatic heterocycles. The van der Waals surface area contributed by atoms with Crippen LogP contribution >= 0.6 is 0 Å². The molecular weight excluding hydrogens is 346 g/mol. The predicted octanol–water partition coefficient (Wildman–Crippen LogP) is 4.41. The second-order valence-electron chi connectivity index (χ2n) is 7.56. The average Bonchev–Trinajstić information content (AvgIpc) is 2.69. The lowest BCUT2D eigenvalue weighted by atomic mass is 9.93. The molecule has 146 valence electrons. The first kappa shape index (κ1) is 19.3. The summed E-state index contributed by atoms with van der Waals surface area (Å²) >= 11 is 0. The Balaban J connectivity index is 1.78. The third-order valence-electron chi connectivity index (χ3n) is 5.64. The van der Waals surface area contributed by atoms with Crippen LogP contribution in [0.25, 0.3) is 0 Å². The normalized spacial score (nSPS) is 18.7. The highest BCUT2D eigenvalue weighted by atomic mass is 16.6. The van der Waals surface area contributed by atoms with Crippen LogP contribution in [0.4, 0.5) is 10.5 Å². The molecule has 3 rings (SSSR count). The summed E-state index contributed by atoms with van der Waals surface area (Å²) in [5.74, 6) is -0.370. The fraction of sp³-hybridized carbons (Fsp3) is 0.600. The zero-order valence-corrected chi connectivity index (χ0v) is 15.6. The molecule has 2 aliphatic rings. The topological polar surface area (TPSA) is 92.6 Å². The van der Waals surface area contributed by atoms with Crippen LogP contribution in [0.15, 0.2) is 24.3 Å². The number of carbonyl (C=O) groups is 2. The standard InChI is InChI=1S/C20H27N3O4/c24-19(15-11-13-18(14-12-15)23(26)27)22(17-9-5-2-6-10-17)20(25)21-16-7-3-1-4-8-16/h11-14,16-17H,1-10H2,(H,21,25). The van der Waals surface area contributed by atoms with Crippen molar-refractivity contribution in [3.05, 3.63) is 39.9 Å². The van der Waals surface area contributed by atoms with E-state index in [1.54, 1.807) is 0 Å². The molecule has 7 nitrogen and oxygen atoms in total. The van der Waals surface area contributed by atoms with E-state index in [9.17, 15) is 19.7 Å². The van der Waals surface area contributed by atoms with E-state index in [4.69, 9.17) is 0 Å². The maximum absolute atomic E-state index is 13.1. The molecule has 0 aliphatic heterocycles. The summed E-state index contributed by atoms with van der Waals surface area (Å²) in [7, 11) is 0. The van der Waals surface area contributed by atoms with E-state index in [0.29, 0.717) is 5.56 Å². The third-order valence-corrected chi connectivity index (χ3v) is 5.64. The number of carbonyl (C=O) groups excluding carboxylic acids is 2.